The summed E-state index contributed by atoms with van der Waals surface area (Å²) in [6.45, 7) is 3.75. The van der Waals surface area contributed by atoms with Gasteiger partial charge in [0.05, 0.1) is 20.3 Å². The Bertz CT molecular complexity index is 888. The molecule has 6 heteroatoms. The Morgan fingerprint density at radius 2 is 1.71 bits per heavy atom. The number of esters is 1. The molecule has 0 bridgehead atoms. The summed E-state index contributed by atoms with van der Waals surface area (Å²) >= 11 is 0. The summed E-state index contributed by atoms with van der Waals surface area (Å²) < 4.78 is 9.89. The van der Waals surface area contributed by atoms with Crippen LogP contribution in [0.5, 0.6) is 5.75 Å². The highest BCUT2D eigenvalue weighted by atomic mass is 16.5. The van der Waals surface area contributed by atoms with Crippen LogP contribution >= 0.6 is 0 Å². The number of aryl methyl sites for hydroxylation is 1. The Labute approximate surface area is 164 Å². The second-order valence-corrected chi connectivity index (χ2v) is 6.73. The third-order valence-electron chi connectivity index (χ3n) is 4.79. The fourth-order valence-corrected chi connectivity index (χ4v) is 3.29. The number of hydrogen-bond acceptors (Lipinski definition) is 5. The van der Waals surface area contributed by atoms with Crippen LogP contribution in [0.4, 0.5) is 5.69 Å². The zero-order valence-corrected chi connectivity index (χ0v) is 16.4. The molecule has 2 atom stereocenters. The van der Waals surface area contributed by atoms with Gasteiger partial charge >= 0.3 is 5.97 Å². The summed E-state index contributed by atoms with van der Waals surface area (Å²) in [6, 6.07) is 14.8. The van der Waals surface area contributed by atoms with E-state index < -0.39 is 12.0 Å². The number of β-lactam (4-membered cyclic amide) rings is 1. The highest BCUT2D eigenvalue weighted by Gasteiger charge is 2.49. The SMILES string of the molecule is COC(=O)/C=C(\C)N[C@H]1C(=O)N(c2ccc(C)cc2)[C@H]1c1ccc(OC)cc1. The molecule has 146 valence electrons. The maximum absolute atomic E-state index is 12.9. The standard InChI is InChI=1S/C22H24N2O4/c1-14-5-9-17(10-6-14)24-21(16-7-11-18(27-3)12-8-16)20(22(24)26)23-15(2)13-19(25)28-4/h5-13,20-21,23H,1-4H3/b15-13+/t20-,21+/m1/s1. The molecule has 1 saturated heterocycles. The zero-order chi connectivity index (χ0) is 20.3. The van der Waals surface area contributed by atoms with Crippen molar-refractivity contribution in [3.8, 4) is 5.75 Å². The number of methoxy groups -OCH3 is 2. The van der Waals surface area contributed by atoms with Crippen LogP contribution in [0.1, 0.15) is 24.1 Å². The monoisotopic (exact) mass is 380 g/mol. The van der Waals surface area contributed by atoms with Crippen LogP contribution in [0.15, 0.2) is 60.3 Å². The predicted octanol–water partition coefficient (Wildman–Crippen LogP) is 3.13. The van der Waals surface area contributed by atoms with Crippen molar-refractivity contribution in [3.05, 3.63) is 71.4 Å². The second kappa shape index (κ2) is 8.17. The summed E-state index contributed by atoms with van der Waals surface area (Å²) in [5, 5.41) is 3.16. The second-order valence-electron chi connectivity index (χ2n) is 6.73. The smallest absolute Gasteiger partial charge is 0.332 e. The van der Waals surface area contributed by atoms with E-state index in [0.717, 1.165) is 22.6 Å². The molecular formula is C22H24N2O4. The molecule has 2 aromatic rings. The lowest BCUT2D eigenvalue weighted by molar-refractivity contribution is -0.135. The van der Waals surface area contributed by atoms with Crippen molar-refractivity contribution in [3.63, 3.8) is 0 Å². The maximum atomic E-state index is 12.9. The van der Waals surface area contributed by atoms with E-state index in [1.165, 1.54) is 13.2 Å². The average molecular weight is 380 g/mol. The van der Waals surface area contributed by atoms with Crippen LogP contribution in [-0.2, 0) is 14.3 Å². The van der Waals surface area contributed by atoms with Crippen molar-refractivity contribution in [2.24, 2.45) is 0 Å². The number of carbonyl (C=O) groups is 2. The first-order valence-corrected chi connectivity index (χ1v) is 9.01. The van der Waals surface area contributed by atoms with E-state index in [2.05, 4.69) is 10.1 Å². The molecule has 28 heavy (non-hydrogen) atoms. The molecule has 3 rings (SSSR count). The number of nitrogens with one attached hydrogen (secondary N) is 1. The number of anilines is 1. The normalized spacial score (nSPS) is 19.1. The van der Waals surface area contributed by atoms with Gasteiger partial charge in [0.2, 0.25) is 0 Å². The van der Waals surface area contributed by atoms with Crippen molar-refractivity contribution >= 4 is 17.6 Å². The van der Waals surface area contributed by atoms with Crippen LogP contribution in [-0.4, -0.2) is 32.1 Å². The Morgan fingerprint density at radius 1 is 1.07 bits per heavy atom. The Hall–Kier alpha value is -3.28. The van der Waals surface area contributed by atoms with Crippen LogP contribution in [0.2, 0.25) is 0 Å². The number of amides is 1. The summed E-state index contributed by atoms with van der Waals surface area (Å²) in [7, 11) is 2.94. The highest BCUT2D eigenvalue weighted by Crippen LogP contribution is 2.40. The van der Waals surface area contributed by atoms with Gasteiger partial charge in [-0.1, -0.05) is 29.8 Å². The average Bonchev–Trinajstić information content (AvgIpc) is 2.71. The van der Waals surface area contributed by atoms with Crippen LogP contribution in [0.3, 0.4) is 0 Å². The first-order chi connectivity index (χ1) is 13.4. The van der Waals surface area contributed by atoms with Crippen LogP contribution < -0.4 is 15.0 Å². The first-order valence-electron chi connectivity index (χ1n) is 9.01. The Morgan fingerprint density at radius 3 is 2.29 bits per heavy atom. The minimum Gasteiger partial charge on any atom is -0.497 e. The largest absolute Gasteiger partial charge is 0.497 e. The third kappa shape index (κ3) is 3.86. The molecular weight excluding hydrogens is 356 g/mol. The molecule has 1 fully saturated rings. The van der Waals surface area contributed by atoms with E-state index in [9.17, 15) is 9.59 Å². The number of allylic oxidation sites excluding steroid dienone is 1. The summed E-state index contributed by atoms with van der Waals surface area (Å²) in [5.74, 6) is 0.234. The van der Waals surface area contributed by atoms with E-state index in [1.807, 2.05) is 55.5 Å². The van der Waals surface area contributed by atoms with Crippen molar-refractivity contribution in [2.75, 3.05) is 19.1 Å². The van der Waals surface area contributed by atoms with E-state index in [0.29, 0.717) is 5.70 Å². The number of benzene rings is 2. The molecule has 0 unspecified atom stereocenters. The molecule has 2 aromatic carbocycles. The molecule has 1 aliphatic rings. The van der Waals surface area contributed by atoms with Crippen molar-refractivity contribution in [1.82, 2.24) is 5.32 Å². The Balaban J connectivity index is 1.92. The van der Waals surface area contributed by atoms with Gasteiger partial charge in [-0.25, -0.2) is 4.79 Å². The van der Waals surface area contributed by atoms with E-state index >= 15 is 0 Å². The first kappa shape index (κ1) is 19.5. The van der Waals surface area contributed by atoms with E-state index in [1.54, 1.807) is 18.9 Å². The van der Waals surface area contributed by atoms with Crippen LogP contribution in [0.25, 0.3) is 0 Å². The molecule has 1 amide bonds. The van der Waals surface area contributed by atoms with E-state index in [-0.39, 0.29) is 11.9 Å². The van der Waals surface area contributed by atoms with Gasteiger partial charge in [-0.05, 0) is 43.7 Å². The van der Waals surface area contributed by atoms with Gasteiger partial charge in [0.15, 0.2) is 0 Å². The minimum atomic E-state index is -0.476. The quantitative estimate of drug-likeness (QED) is 0.474. The van der Waals surface area contributed by atoms with Crippen molar-refractivity contribution < 1.29 is 19.1 Å². The molecule has 0 aromatic heterocycles. The van der Waals surface area contributed by atoms with Gasteiger partial charge in [0.1, 0.15) is 11.8 Å². The number of ether oxygens (including phenoxy) is 2. The lowest BCUT2D eigenvalue weighted by Gasteiger charge is -2.48. The molecule has 0 radical (unpaired) electrons. The molecule has 6 nitrogen and oxygen atoms in total. The lowest BCUT2D eigenvalue weighted by atomic mass is 9.87. The lowest BCUT2D eigenvalue weighted by Crippen LogP contribution is -2.64. The highest BCUT2D eigenvalue weighted by molar-refractivity contribution is 6.06. The van der Waals surface area contributed by atoms with Crippen LogP contribution in [0, 0.1) is 6.92 Å². The molecule has 0 saturated carbocycles. The molecule has 1 aliphatic heterocycles. The number of nitrogens with zero attached hydrogens (tertiary/aromatic N) is 1. The molecule has 1 heterocycles. The molecule has 0 aliphatic carbocycles. The maximum Gasteiger partial charge on any atom is 0.332 e. The number of carbonyl (C=O) groups excluding carboxylic acids is 2. The van der Waals surface area contributed by atoms with Crippen molar-refractivity contribution in [2.45, 2.75) is 25.9 Å². The number of rotatable bonds is 6. The Kier molecular flexibility index (Phi) is 5.68. The fourth-order valence-electron chi connectivity index (χ4n) is 3.29. The fraction of sp³-hybridized carbons (Fsp3) is 0.273. The van der Waals surface area contributed by atoms with Crippen molar-refractivity contribution in [1.29, 1.82) is 0 Å². The van der Waals surface area contributed by atoms with Gasteiger partial charge in [-0.3, -0.25) is 4.79 Å². The van der Waals surface area contributed by atoms with Gasteiger partial charge in [-0.15, -0.1) is 0 Å². The predicted molar refractivity (Wildman–Crippen MR) is 107 cm³/mol. The summed E-state index contributed by atoms with van der Waals surface area (Å²) in [5.41, 5.74) is 3.52. The molecule has 1 N–H and O–H groups in total. The topological polar surface area (TPSA) is 67.9 Å². The van der Waals surface area contributed by atoms with Gasteiger partial charge in [-0.2, -0.15) is 0 Å². The zero-order valence-electron chi connectivity index (χ0n) is 16.4. The van der Waals surface area contributed by atoms with Gasteiger partial charge in [0, 0.05) is 17.5 Å². The number of hydrogen-bond donors (Lipinski definition) is 1. The van der Waals surface area contributed by atoms with Gasteiger partial charge < -0.3 is 19.7 Å². The van der Waals surface area contributed by atoms with Gasteiger partial charge in [0.25, 0.3) is 5.91 Å². The minimum absolute atomic E-state index is 0.0534. The third-order valence-corrected chi connectivity index (χ3v) is 4.79. The van der Waals surface area contributed by atoms with E-state index in [4.69, 9.17) is 4.74 Å². The summed E-state index contributed by atoms with van der Waals surface area (Å²) in [4.78, 5) is 26.2. The summed E-state index contributed by atoms with van der Waals surface area (Å²) in [6.07, 6.45) is 1.34. The molecule has 0 spiro atoms.